The van der Waals surface area contributed by atoms with Crippen LogP contribution in [0.1, 0.15) is 40.0 Å². The number of unbranched alkanes of at least 4 members (excludes halogenated alkanes) is 1. The molecule has 4 heteroatoms. The van der Waals surface area contributed by atoms with E-state index in [2.05, 4.69) is 34.5 Å². The molecule has 0 spiro atoms. The molecule has 1 atom stereocenters. The number of hydrogen-bond donors (Lipinski definition) is 0. The zero-order valence-electron chi connectivity index (χ0n) is 11.8. The lowest BCUT2D eigenvalue weighted by atomic mass is 10.2. The van der Waals surface area contributed by atoms with E-state index in [-0.39, 0.29) is 24.6 Å². The number of nitrogens with zero attached hydrogens (tertiary/aromatic N) is 1. The normalized spacial score (nSPS) is 12.5. The Morgan fingerprint density at radius 2 is 1.88 bits per heavy atom. The van der Waals surface area contributed by atoms with Gasteiger partial charge in [0, 0.05) is 12.0 Å². The summed E-state index contributed by atoms with van der Waals surface area (Å²) in [6, 6.07) is 0. The van der Waals surface area contributed by atoms with E-state index in [1.165, 1.54) is 0 Å². The summed E-state index contributed by atoms with van der Waals surface area (Å²) in [6.07, 6.45) is 3.05. The van der Waals surface area contributed by atoms with Crippen LogP contribution in [0.2, 0.25) is 0 Å². The Hall–Kier alpha value is -0.540. The van der Waals surface area contributed by atoms with Crippen molar-refractivity contribution in [3.8, 4) is 0 Å². The van der Waals surface area contributed by atoms with Crippen LogP contribution in [0.15, 0.2) is 12.2 Å². The number of halogens is 1. The molecule has 0 aliphatic carbocycles. The van der Waals surface area contributed by atoms with E-state index in [0.29, 0.717) is 10.1 Å². The van der Waals surface area contributed by atoms with Crippen molar-refractivity contribution < 1.29 is 26.4 Å². The third-order valence-electron chi connectivity index (χ3n) is 2.99. The fourth-order valence-corrected chi connectivity index (χ4v) is 1.36. The van der Waals surface area contributed by atoms with Gasteiger partial charge in [-0.3, -0.25) is 4.48 Å². The van der Waals surface area contributed by atoms with Gasteiger partial charge in [0.05, 0.1) is 20.6 Å². The molecule has 0 aliphatic heterocycles. The Labute approximate surface area is 112 Å². The number of ether oxygens (including phenoxy) is 1. The molecule has 0 heterocycles. The second-order valence-electron chi connectivity index (χ2n) is 4.88. The summed E-state index contributed by atoms with van der Waals surface area (Å²) >= 11 is 0. The van der Waals surface area contributed by atoms with Crippen LogP contribution in [0, 0.1) is 0 Å². The monoisotopic (exact) mass is 263 g/mol. The Bertz CT molecular complexity index is 252. The van der Waals surface area contributed by atoms with E-state index in [4.69, 9.17) is 4.74 Å². The minimum atomic E-state index is -0.277. The minimum Gasteiger partial charge on any atom is -1.00 e. The molecule has 0 N–H and O–H groups in total. The first-order valence-corrected chi connectivity index (χ1v) is 6.04. The van der Waals surface area contributed by atoms with Gasteiger partial charge >= 0.3 is 5.97 Å². The third-order valence-corrected chi connectivity index (χ3v) is 2.99. The molecule has 0 aliphatic rings. The van der Waals surface area contributed by atoms with Gasteiger partial charge in [-0.05, 0) is 20.3 Å². The van der Waals surface area contributed by atoms with Crippen molar-refractivity contribution in [1.82, 2.24) is 0 Å². The smallest absolute Gasteiger partial charge is 0.337 e. The van der Waals surface area contributed by atoms with Crippen LogP contribution in [0.25, 0.3) is 0 Å². The second kappa shape index (κ2) is 8.54. The highest BCUT2D eigenvalue weighted by Gasteiger charge is 2.29. The number of rotatable bonds is 7. The van der Waals surface area contributed by atoms with Gasteiger partial charge in [0.2, 0.25) is 6.23 Å². The lowest BCUT2D eigenvalue weighted by Gasteiger charge is -2.36. The molecule has 17 heavy (non-hydrogen) atoms. The topological polar surface area (TPSA) is 26.3 Å². The maximum absolute atomic E-state index is 11.5. The number of quaternary nitrogens is 1. The summed E-state index contributed by atoms with van der Waals surface area (Å²) in [7, 11) is 4.18. The van der Waals surface area contributed by atoms with Crippen LogP contribution in [0.5, 0.6) is 0 Å². The Morgan fingerprint density at radius 3 is 2.24 bits per heavy atom. The van der Waals surface area contributed by atoms with Crippen LogP contribution < -0.4 is 12.4 Å². The van der Waals surface area contributed by atoms with Gasteiger partial charge in [-0.1, -0.05) is 19.9 Å². The molecule has 0 fully saturated rings. The van der Waals surface area contributed by atoms with E-state index in [1.807, 2.05) is 0 Å². The molecule has 0 aromatic heterocycles. The van der Waals surface area contributed by atoms with Crippen molar-refractivity contribution in [2.75, 3.05) is 20.6 Å². The van der Waals surface area contributed by atoms with Gasteiger partial charge < -0.3 is 17.1 Å². The molecule has 1 unspecified atom stereocenters. The van der Waals surface area contributed by atoms with Crippen molar-refractivity contribution in [3.63, 3.8) is 0 Å². The number of carbonyl (C=O) groups excluding carboxylic acids is 1. The number of carbonyl (C=O) groups is 1. The molecule has 0 saturated carbocycles. The van der Waals surface area contributed by atoms with Crippen LogP contribution in [-0.2, 0) is 9.53 Å². The number of hydrogen-bond acceptors (Lipinski definition) is 2. The molecule has 0 amide bonds. The molecule has 0 bridgehead atoms. The molecule has 3 nitrogen and oxygen atoms in total. The third kappa shape index (κ3) is 6.69. The summed E-state index contributed by atoms with van der Waals surface area (Å²) in [4.78, 5) is 11.5. The van der Waals surface area contributed by atoms with E-state index in [0.717, 1.165) is 25.8 Å². The second-order valence-corrected chi connectivity index (χ2v) is 4.88. The standard InChI is InChI=1S/C13H26NO2.ClH/c1-7-9-10-12(14(5,6)8-2)16-13(15)11(3)4;/h12H,3,7-10H2,1-2,4-6H3;1H/q+1;/p-1. The van der Waals surface area contributed by atoms with Crippen molar-refractivity contribution in [1.29, 1.82) is 0 Å². The van der Waals surface area contributed by atoms with E-state index in [1.54, 1.807) is 6.92 Å². The first-order valence-electron chi connectivity index (χ1n) is 6.04. The molecule has 0 aromatic carbocycles. The molecule has 0 saturated heterocycles. The SMILES string of the molecule is C=C(C)C(=O)OC(CCCC)[N+](C)(C)CC.[Cl-]. The van der Waals surface area contributed by atoms with Gasteiger partial charge in [0.1, 0.15) is 0 Å². The lowest BCUT2D eigenvalue weighted by Crippen LogP contribution is -3.00. The predicted octanol–water partition coefficient (Wildman–Crippen LogP) is -0.278. The molecule has 0 rings (SSSR count). The zero-order valence-corrected chi connectivity index (χ0v) is 12.5. The quantitative estimate of drug-likeness (QED) is 0.273. The molecule has 0 radical (unpaired) electrons. The molecular formula is C13H26ClNO2. The Kier molecular flexibility index (Phi) is 9.45. The predicted molar refractivity (Wildman–Crippen MR) is 66.9 cm³/mol. The molecular weight excluding hydrogens is 238 g/mol. The van der Waals surface area contributed by atoms with Crippen molar-refractivity contribution >= 4 is 5.97 Å². The summed E-state index contributed by atoms with van der Waals surface area (Å²) in [5.74, 6) is -0.277. The maximum atomic E-state index is 11.5. The Balaban J connectivity index is 0. The highest BCUT2D eigenvalue weighted by Crippen LogP contribution is 2.16. The molecule has 0 aromatic rings. The van der Waals surface area contributed by atoms with Gasteiger partial charge in [-0.2, -0.15) is 0 Å². The first kappa shape index (κ1) is 18.8. The Morgan fingerprint density at radius 1 is 1.35 bits per heavy atom. The van der Waals surface area contributed by atoms with Crippen molar-refractivity contribution in [3.05, 3.63) is 12.2 Å². The van der Waals surface area contributed by atoms with E-state index < -0.39 is 0 Å². The zero-order chi connectivity index (χ0) is 12.8. The average Bonchev–Trinajstić information content (AvgIpc) is 2.23. The fourth-order valence-electron chi connectivity index (χ4n) is 1.36. The van der Waals surface area contributed by atoms with Gasteiger partial charge in [-0.15, -0.1) is 0 Å². The average molecular weight is 264 g/mol. The number of esters is 1. The summed E-state index contributed by atoms with van der Waals surface area (Å²) in [5.41, 5.74) is 0.470. The lowest BCUT2D eigenvalue weighted by molar-refractivity contribution is -0.933. The van der Waals surface area contributed by atoms with Crippen LogP contribution in [0.3, 0.4) is 0 Å². The fraction of sp³-hybridized carbons (Fsp3) is 0.769. The van der Waals surface area contributed by atoms with Crippen LogP contribution in [0.4, 0.5) is 0 Å². The van der Waals surface area contributed by atoms with Gasteiger partial charge in [-0.25, -0.2) is 4.79 Å². The van der Waals surface area contributed by atoms with E-state index >= 15 is 0 Å². The highest BCUT2D eigenvalue weighted by atomic mass is 35.5. The maximum Gasteiger partial charge on any atom is 0.337 e. The summed E-state index contributed by atoms with van der Waals surface area (Å²) < 4.78 is 6.21. The van der Waals surface area contributed by atoms with Crippen molar-refractivity contribution in [2.45, 2.75) is 46.3 Å². The summed E-state index contributed by atoms with van der Waals surface area (Å²) in [5, 5.41) is 0. The van der Waals surface area contributed by atoms with E-state index in [9.17, 15) is 4.79 Å². The van der Waals surface area contributed by atoms with Crippen LogP contribution >= 0.6 is 0 Å². The summed E-state index contributed by atoms with van der Waals surface area (Å²) in [6.45, 7) is 10.5. The van der Waals surface area contributed by atoms with Gasteiger partial charge in [0.15, 0.2) is 0 Å². The highest BCUT2D eigenvalue weighted by molar-refractivity contribution is 5.86. The van der Waals surface area contributed by atoms with Crippen LogP contribution in [-0.4, -0.2) is 37.3 Å². The van der Waals surface area contributed by atoms with Crippen molar-refractivity contribution in [2.24, 2.45) is 0 Å². The van der Waals surface area contributed by atoms with Gasteiger partial charge in [0.25, 0.3) is 0 Å². The minimum absolute atomic E-state index is 0. The first-order chi connectivity index (χ1) is 7.35. The largest absolute Gasteiger partial charge is 1.00 e. The molecule has 102 valence electrons.